The van der Waals surface area contributed by atoms with Gasteiger partial charge in [0.15, 0.2) is 0 Å². The summed E-state index contributed by atoms with van der Waals surface area (Å²) in [5.74, 6) is 0. The zero-order valence-corrected chi connectivity index (χ0v) is 7.42. The van der Waals surface area contributed by atoms with Crippen LogP contribution in [-0.2, 0) is 11.3 Å². The van der Waals surface area contributed by atoms with Crippen LogP contribution in [0.5, 0.6) is 0 Å². The molecule has 0 radical (unpaired) electrons. The van der Waals surface area contributed by atoms with Crippen LogP contribution in [0.4, 0.5) is 0 Å². The minimum Gasteiger partial charge on any atom is -0.377 e. The molecular weight excluding hydrogens is 172 g/mol. The highest BCUT2D eigenvalue weighted by Crippen LogP contribution is 1.90. The van der Waals surface area contributed by atoms with Crippen molar-refractivity contribution >= 4 is 0 Å². The van der Waals surface area contributed by atoms with Gasteiger partial charge in [-0.1, -0.05) is 6.92 Å². The van der Waals surface area contributed by atoms with E-state index in [1.54, 1.807) is 0 Å². The van der Waals surface area contributed by atoms with Crippen LogP contribution in [0.25, 0.3) is 0 Å². The largest absolute Gasteiger partial charge is 0.377 e. The summed E-state index contributed by atoms with van der Waals surface area (Å²) in [5, 5.41) is 0. The molecule has 13 heavy (non-hydrogen) atoms. The first kappa shape index (κ1) is 9.73. The molecule has 0 aromatic carbocycles. The fraction of sp³-hybridized carbons (Fsp3) is 0.500. The zero-order valence-electron chi connectivity index (χ0n) is 7.42. The van der Waals surface area contributed by atoms with Crippen molar-refractivity contribution in [1.82, 2.24) is 9.97 Å². The Hall–Kier alpha value is -1.36. The minimum atomic E-state index is -0.496. The predicted octanol–water partition coefficient (Wildman–Crippen LogP) is -0.0102. The quantitative estimate of drug-likeness (QED) is 0.646. The number of aromatic nitrogens is 2. The van der Waals surface area contributed by atoms with Gasteiger partial charge in [0.1, 0.15) is 0 Å². The van der Waals surface area contributed by atoms with Gasteiger partial charge in [0.25, 0.3) is 5.56 Å². The van der Waals surface area contributed by atoms with E-state index in [4.69, 9.17) is 4.74 Å². The molecule has 0 atom stereocenters. The number of rotatable bonds is 4. The fourth-order valence-corrected chi connectivity index (χ4v) is 0.871. The molecule has 0 aliphatic heterocycles. The second-order valence-electron chi connectivity index (χ2n) is 2.65. The van der Waals surface area contributed by atoms with E-state index in [0.717, 1.165) is 6.42 Å². The molecule has 1 rings (SSSR count). The van der Waals surface area contributed by atoms with E-state index in [-0.39, 0.29) is 12.2 Å². The van der Waals surface area contributed by atoms with Crippen molar-refractivity contribution in [2.75, 3.05) is 6.61 Å². The van der Waals surface area contributed by atoms with Crippen molar-refractivity contribution in [2.24, 2.45) is 0 Å². The Morgan fingerprint density at radius 1 is 1.46 bits per heavy atom. The number of H-pyrrole nitrogens is 2. The molecule has 0 aliphatic rings. The summed E-state index contributed by atoms with van der Waals surface area (Å²) < 4.78 is 5.15. The summed E-state index contributed by atoms with van der Waals surface area (Å²) in [6, 6.07) is 0. The molecule has 5 nitrogen and oxygen atoms in total. The zero-order chi connectivity index (χ0) is 9.68. The van der Waals surface area contributed by atoms with Crippen molar-refractivity contribution in [3.63, 3.8) is 0 Å². The van der Waals surface area contributed by atoms with E-state index in [9.17, 15) is 9.59 Å². The van der Waals surface area contributed by atoms with Crippen LogP contribution in [0.2, 0.25) is 0 Å². The number of nitrogens with one attached hydrogen (secondary N) is 2. The number of ether oxygens (including phenoxy) is 1. The van der Waals surface area contributed by atoms with Crippen molar-refractivity contribution < 1.29 is 4.74 Å². The Balaban J connectivity index is 2.67. The molecule has 1 heterocycles. The van der Waals surface area contributed by atoms with Gasteiger partial charge < -0.3 is 9.72 Å². The predicted molar refractivity (Wildman–Crippen MR) is 47.6 cm³/mol. The van der Waals surface area contributed by atoms with E-state index in [1.165, 1.54) is 6.20 Å². The lowest BCUT2D eigenvalue weighted by Gasteiger charge is -1.99. The van der Waals surface area contributed by atoms with Crippen LogP contribution in [-0.4, -0.2) is 16.6 Å². The minimum absolute atomic E-state index is 0.236. The standard InChI is InChI=1S/C8H12N2O3/c1-2-3-13-5-6-4-9-8(12)10-7(6)11/h4H,2-3,5H2,1H3,(H2,9,10,11,12). The van der Waals surface area contributed by atoms with Crippen LogP contribution >= 0.6 is 0 Å². The van der Waals surface area contributed by atoms with Crippen LogP contribution < -0.4 is 11.2 Å². The van der Waals surface area contributed by atoms with Gasteiger partial charge in [-0.3, -0.25) is 9.78 Å². The molecule has 0 bridgehead atoms. The normalized spacial score (nSPS) is 10.2. The van der Waals surface area contributed by atoms with Gasteiger partial charge in [-0.25, -0.2) is 4.79 Å². The first-order chi connectivity index (χ1) is 6.24. The second kappa shape index (κ2) is 4.61. The lowest BCUT2D eigenvalue weighted by molar-refractivity contribution is 0.120. The van der Waals surface area contributed by atoms with E-state index in [1.807, 2.05) is 6.92 Å². The van der Waals surface area contributed by atoms with Gasteiger partial charge in [-0.15, -0.1) is 0 Å². The van der Waals surface area contributed by atoms with Crippen LogP contribution in [0.1, 0.15) is 18.9 Å². The second-order valence-corrected chi connectivity index (χ2v) is 2.65. The number of hydrogen-bond acceptors (Lipinski definition) is 3. The van der Waals surface area contributed by atoms with E-state index in [0.29, 0.717) is 12.2 Å². The molecule has 0 amide bonds. The topological polar surface area (TPSA) is 75.0 Å². The molecular formula is C8H12N2O3. The SMILES string of the molecule is CCCOCc1c[nH]c(=O)[nH]c1=O. The van der Waals surface area contributed by atoms with Gasteiger partial charge in [-0.2, -0.15) is 0 Å². The Morgan fingerprint density at radius 3 is 2.85 bits per heavy atom. The summed E-state index contributed by atoms with van der Waals surface area (Å²) in [4.78, 5) is 26.2. The highest BCUT2D eigenvalue weighted by molar-refractivity contribution is 5.00. The van der Waals surface area contributed by atoms with Crippen LogP contribution in [0.3, 0.4) is 0 Å². The molecule has 5 heteroatoms. The molecule has 2 N–H and O–H groups in total. The molecule has 0 aliphatic carbocycles. The molecule has 1 aromatic heterocycles. The molecule has 0 fully saturated rings. The summed E-state index contributed by atoms with van der Waals surface area (Å²) in [7, 11) is 0. The van der Waals surface area contributed by atoms with Crippen molar-refractivity contribution in [1.29, 1.82) is 0 Å². The molecule has 0 saturated heterocycles. The molecule has 0 saturated carbocycles. The molecule has 1 aromatic rings. The summed E-state index contributed by atoms with van der Waals surface area (Å²) >= 11 is 0. The molecule has 72 valence electrons. The Labute approximate surface area is 74.8 Å². The monoisotopic (exact) mass is 184 g/mol. The van der Waals surface area contributed by atoms with Gasteiger partial charge in [0, 0.05) is 12.8 Å². The van der Waals surface area contributed by atoms with Crippen LogP contribution in [0.15, 0.2) is 15.8 Å². The smallest absolute Gasteiger partial charge is 0.325 e. The Bertz CT molecular complexity index is 366. The van der Waals surface area contributed by atoms with Crippen molar-refractivity contribution in [3.8, 4) is 0 Å². The van der Waals surface area contributed by atoms with Gasteiger partial charge in [0.2, 0.25) is 0 Å². The average Bonchev–Trinajstić information content (AvgIpc) is 2.09. The number of aromatic amines is 2. The van der Waals surface area contributed by atoms with Gasteiger partial charge in [0.05, 0.1) is 12.2 Å². The van der Waals surface area contributed by atoms with Crippen LogP contribution in [0, 0.1) is 0 Å². The third kappa shape index (κ3) is 2.87. The maximum atomic E-state index is 11.1. The van der Waals surface area contributed by atoms with E-state index < -0.39 is 5.69 Å². The maximum absolute atomic E-state index is 11.1. The molecule has 0 spiro atoms. The third-order valence-corrected chi connectivity index (χ3v) is 1.50. The number of hydrogen-bond donors (Lipinski definition) is 2. The van der Waals surface area contributed by atoms with E-state index in [2.05, 4.69) is 9.97 Å². The first-order valence-corrected chi connectivity index (χ1v) is 4.12. The summed E-state index contributed by atoms with van der Waals surface area (Å²) in [6.45, 7) is 2.83. The van der Waals surface area contributed by atoms with Crippen molar-refractivity contribution in [2.45, 2.75) is 20.0 Å². The van der Waals surface area contributed by atoms with Crippen molar-refractivity contribution in [3.05, 3.63) is 32.6 Å². The van der Waals surface area contributed by atoms with Gasteiger partial charge in [-0.05, 0) is 6.42 Å². The molecule has 0 unspecified atom stereocenters. The average molecular weight is 184 g/mol. The lowest BCUT2D eigenvalue weighted by atomic mass is 10.3. The first-order valence-electron chi connectivity index (χ1n) is 4.12. The lowest BCUT2D eigenvalue weighted by Crippen LogP contribution is -2.24. The fourth-order valence-electron chi connectivity index (χ4n) is 0.871. The summed E-state index contributed by atoms with van der Waals surface area (Å²) in [6.07, 6.45) is 2.28. The maximum Gasteiger partial charge on any atom is 0.325 e. The van der Waals surface area contributed by atoms with E-state index >= 15 is 0 Å². The summed E-state index contributed by atoms with van der Waals surface area (Å²) in [5.41, 5.74) is -0.447. The third-order valence-electron chi connectivity index (χ3n) is 1.50. The highest BCUT2D eigenvalue weighted by Gasteiger charge is 1.98. The highest BCUT2D eigenvalue weighted by atomic mass is 16.5. The Morgan fingerprint density at radius 2 is 2.23 bits per heavy atom. The van der Waals surface area contributed by atoms with Gasteiger partial charge >= 0.3 is 5.69 Å². The Kier molecular flexibility index (Phi) is 3.45.